The normalized spacial score (nSPS) is 18.3. The number of aliphatic hydroxyl groups is 1. The predicted molar refractivity (Wildman–Crippen MR) is 66.9 cm³/mol. The molecule has 0 unspecified atom stereocenters. The monoisotopic (exact) mass is 226 g/mol. The Labute approximate surface area is 100 Å². The van der Waals surface area contributed by atoms with Crippen LogP contribution < -0.4 is 4.74 Å². The van der Waals surface area contributed by atoms with Crippen LogP contribution in [0.2, 0.25) is 0 Å². The number of hydrogen-bond donors (Lipinski definition) is 1. The van der Waals surface area contributed by atoms with Crippen molar-refractivity contribution in [3.8, 4) is 16.9 Å². The molecule has 0 aliphatic carbocycles. The van der Waals surface area contributed by atoms with E-state index in [9.17, 15) is 5.11 Å². The minimum atomic E-state index is -0.401. The zero-order valence-electron chi connectivity index (χ0n) is 9.47. The molecule has 0 saturated carbocycles. The van der Waals surface area contributed by atoms with E-state index in [1.165, 1.54) is 0 Å². The number of benzene rings is 2. The minimum absolute atomic E-state index is 0.401. The fourth-order valence-electron chi connectivity index (χ4n) is 2.19. The maximum atomic E-state index is 9.95. The molecule has 0 amide bonds. The van der Waals surface area contributed by atoms with Gasteiger partial charge in [-0.25, -0.2) is 0 Å². The maximum Gasteiger partial charge on any atom is 0.125 e. The standard InChI is InChI=1S/C15H14O2/c16-14-8-9-17-15-7-6-12(10-13(14)15)11-4-2-1-3-5-11/h1-7,10,14,16H,8-9H2/t14-/m0/s1. The third kappa shape index (κ3) is 1.92. The van der Waals surface area contributed by atoms with Crippen molar-refractivity contribution in [2.45, 2.75) is 12.5 Å². The van der Waals surface area contributed by atoms with Crippen LogP contribution in [0, 0.1) is 0 Å². The number of rotatable bonds is 1. The van der Waals surface area contributed by atoms with Crippen molar-refractivity contribution in [3.63, 3.8) is 0 Å². The van der Waals surface area contributed by atoms with Gasteiger partial charge in [0.05, 0.1) is 12.7 Å². The van der Waals surface area contributed by atoms with Gasteiger partial charge in [-0.1, -0.05) is 36.4 Å². The van der Waals surface area contributed by atoms with E-state index in [0.29, 0.717) is 13.0 Å². The summed E-state index contributed by atoms with van der Waals surface area (Å²) < 4.78 is 5.52. The third-order valence-corrected chi connectivity index (χ3v) is 3.12. The molecule has 1 heterocycles. The second-order valence-corrected chi connectivity index (χ2v) is 4.27. The van der Waals surface area contributed by atoms with Crippen LogP contribution in [-0.4, -0.2) is 11.7 Å². The molecule has 0 bridgehead atoms. The van der Waals surface area contributed by atoms with Crippen LogP contribution in [0.3, 0.4) is 0 Å². The fraction of sp³-hybridized carbons (Fsp3) is 0.200. The summed E-state index contributed by atoms with van der Waals surface area (Å²) in [5, 5.41) is 9.95. The van der Waals surface area contributed by atoms with Crippen molar-refractivity contribution in [2.24, 2.45) is 0 Å². The number of fused-ring (bicyclic) bond motifs is 1. The van der Waals surface area contributed by atoms with Crippen LogP contribution in [0.25, 0.3) is 11.1 Å². The lowest BCUT2D eigenvalue weighted by atomic mass is 9.97. The van der Waals surface area contributed by atoms with E-state index >= 15 is 0 Å². The molecule has 2 aromatic rings. The van der Waals surface area contributed by atoms with Crippen LogP contribution in [0.4, 0.5) is 0 Å². The van der Waals surface area contributed by atoms with Gasteiger partial charge in [0.1, 0.15) is 5.75 Å². The predicted octanol–water partition coefficient (Wildman–Crippen LogP) is 3.17. The first-order chi connectivity index (χ1) is 8.34. The molecule has 2 heteroatoms. The first-order valence-corrected chi connectivity index (χ1v) is 5.85. The quantitative estimate of drug-likeness (QED) is 0.809. The molecule has 1 atom stereocenters. The molecule has 17 heavy (non-hydrogen) atoms. The van der Waals surface area contributed by atoms with Gasteiger partial charge < -0.3 is 9.84 Å². The zero-order chi connectivity index (χ0) is 11.7. The lowest BCUT2D eigenvalue weighted by molar-refractivity contribution is 0.115. The Kier molecular flexibility index (Phi) is 2.57. The summed E-state index contributed by atoms with van der Waals surface area (Å²) in [4.78, 5) is 0. The van der Waals surface area contributed by atoms with Crippen LogP contribution in [0.15, 0.2) is 48.5 Å². The molecule has 0 fully saturated rings. The highest BCUT2D eigenvalue weighted by atomic mass is 16.5. The molecule has 1 aliphatic rings. The summed E-state index contributed by atoms with van der Waals surface area (Å²) >= 11 is 0. The number of ether oxygens (including phenoxy) is 1. The van der Waals surface area contributed by atoms with Gasteiger partial charge in [-0.15, -0.1) is 0 Å². The van der Waals surface area contributed by atoms with E-state index in [-0.39, 0.29) is 0 Å². The van der Waals surface area contributed by atoms with Crippen LogP contribution in [0.5, 0.6) is 5.75 Å². The summed E-state index contributed by atoms with van der Waals surface area (Å²) in [5.74, 6) is 0.809. The molecule has 0 saturated heterocycles. The molecular weight excluding hydrogens is 212 g/mol. The van der Waals surface area contributed by atoms with Crippen LogP contribution in [-0.2, 0) is 0 Å². The summed E-state index contributed by atoms with van der Waals surface area (Å²) in [6.45, 7) is 0.596. The number of aliphatic hydroxyl groups excluding tert-OH is 1. The molecule has 0 aromatic heterocycles. The topological polar surface area (TPSA) is 29.5 Å². The van der Waals surface area contributed by atoms with Gasteiger partial charge in [-0.05, 0) is 23.3 Å². The van der Waals surface area contributed by atoms with E-state index in [1.807, 2.05) is 36.4 Å². The van der Waals surface area contributed by atoms with E-state index in [0.717, 1.165) is 22.4 Å². The molecule has 86 valence electrons. The lowest BCUT2D eigenvalue weighted by Gasteiger charge is -2.22. The lowest BCUT2D eigenvalue weighted by Crippen LogP contribution is -2.13. The Morgan fingerprint density at radius 3 is 2.65 bits per heavy atom. The molecule has 1 N–H and O–H groups in total. The molecule has 1 aliphatic heterocycles. The van der Waals surface area contributed by atoms with Gasteiger partial charge in [-0.3, -0.25) is 0 Å². The highest BCUT2D eigenvalue weighted by Gasteiger charge is 2.19. The van der Waals surface area contributed by atoms with E-state index in [2.05, 4.69) is 12.1 Å². The van der Waals surface area contributed by atoms with Gasteiger partial charge in [0.2, 0.25) is 0 Å². The Morgan fingerprint density at radius 2 is 1.82 bits per heavy atom. The van der Waals surface area contributed by atoms with Gasteiger partial charge in [-0.2, -0.15) is 0 Å². The smallest absolute Gasteiger partial charge is 0.125 e. The summed E-state index contributed by atoms with van der Waals surface area (Å²) in [7, 11) is 0. The van der Waals surface area contributed by atoms with Gasteiger partial charge >= 0.3 is 0 Å². The molecule has 3 rings (SSSR count). The van der Waals surface area contributed by atoms with Gasteiger partial charge in [0.25, 0.3) is 0 Å². The van der Waals surface area contributed by atoms with Gasteiger partial charge in [0.15, 0.2) is 0 Å². The van der Waals surface area contributed by atoms with Gasteiger partial charge in [0, 0.05) is 12.0 Å². The Hall–Kier alpha value is -1.80. The molecular formula is C15H14O2. The van der Waals surface area contributed by atoms with Crippen molar-refractivity contribution in [3.05, 3.63) is 54.1 Å². The second-order valence-electron chi connectivity index (χ2n) is 4.27. The summed E-state index contributed by atoms with van der Waals surface area (Å²) in [6.07, 6.45) is 0.271. The largest absolute Gasteiger partial charge is 0.493 e. The molecule has 0 radical (unpaired) electrons. The number of hydrogen-bond acceptors (Lipinski definition) is 2. The van der Waals surface area contributed by atoms with E-state index in [1.54, 1.807) is 0 Å². The van der Waals surface area contributed by atoms with Crippen molar-refractivity contribution >= 4 is 0 Å². The van der Waals surface area contributed by atoms with Crippen LogP contribution in [0.1, 0.15) is 18.1 Å². The maximum absolute atomic E-state index is 9.95. The van der Waals surface area contributed by atoms with Crippen molar-refractivity contribution in [1.29, 1.82) is 0 Å². The highest BCUT2D eigenvalue weighted by molar-refractivity contribution is 5.66. The third-order valence-electron chi connectivity index (χ3n) is 3.12. The SMILES string of the molecule is O[C@H]1CCOc2ccc(-c3ccccc3)cc21. The Balaban J connectivity index is 2.06. The summed E-state index contributed by atoms with van der Waals surface area (Å²) in [5.41, 5.74) is 3.18. The van der Waals surface area contributed by atoms with Crippen molar-refractivity contribution < 1.29 is 9.84 Å². The highest BCUT2D eigenvalue weighted by Crippen LogP contribution is 2.35. The van der Waals surface area contributed by atoms with Crippen molar-refractivity contribution in [1.82, 2.24) is 0 Å². The zero-order valence-corrected chi connectivity index (χ0v) is 9.47. The van der Waals surface area contributed by atoms with Crippen molar-refractivity contribution in [2.75, 3.05) is 6.61 Å². The average Bonchev–Trinajstić information content (AvgIpc) is 2.40. The Bertz CT molecular complexity index is 520. The van der Waals surface area contributed by atoms with E-state index < -0.39 is 6.10 Å². The first-order valence-electron chi connectivity index (χ1n) is 5.85. The fourth-order valence-corrected chi connectivity index (χ4v) is 2.19. The Morgan fingerprint density at radius 1 is 1.00 bits per heavy atom. The molecule has 0 spiro atoms. The van der Waals surface area contributed by atoms with E-state index in [4.69, 9.17) is 4.74 Å². The average molecular weight is 226 g/mol. The first kappa shape index (κ1) is 10.4. The minimum Gasteiger partial charge on any atom is -0.493 e. The second kappa shape index (κ2) is 4.22. The van der Waals surface area contributed by atoms with Crippen LogP contribution >= 0.6 is 0 Å². The molecule has 2 aromatic carbocycles. The molecule has 2 nitrogen and oxygen atoms in total. The summed E-state index contributed by atoms with van der Waals surface area (Å²) in [6, 6.07) is 16.2.